The van der Waals surface area contributed by atoms with E-state index in [0.29, 0.717) is 31.9 Å². The minimum atomic E-state index is 0.00836. The van der Waals surface area contributed by atoms with E-state index in [1.165, 1.54) is 0 Å². The van der Waals surface area contributed by atoms with Gasteiger partial charge in [-0.05, 0) is 54.9 Å². The molecule has 4 aromatic rings. The number of carbonyl (C=O) groups is 2. The third-order valence-electron chi connectivity index (χ3n) is 8.40. The number of likely N-dealkylation sites (tertiary alicyclic amines) is 1. The van der Waals surface area contributed by atoms with Gasteiger partial charge in [0.15, 0.2) is 5.65 Å². The van der Waals surface area contributed by atoms with Crippen molar-refractivity contribution in [2.45, 2.75) is 39.2 Å². The van der Waals surface area contributed by atoms with Gasteiger partial charge >= 0.3 is 0 Å². The predicted octanol–water partition coefficient (Wildman–Crippen LogP) is 5.84. The number of amides is 2. The second-order valence-electron chi connectivity index (χ2n) is 11.0. The molecule has 2 bridgehead atoms. The molecule has 1 N–H and O–H groups in total. The minimum absolute atomic E-state index is 0.00836. The van der Waals surface area contributed by atoms with Crippen LogP contribution in [0.5, 0.6) is 5.75 Å². The molecule has 2 aromatic carbocycles. The lowest BCUT2D eigenvalue weighted by Crippen LogP contribution is -2.55. The number of nitrogens with zero attached hydrogens (tertiary/aromatic N) is 3. The van der Waals surface area contributed by atoms with E-state index in [0.717, 1.165) is 57.9 Å². The number of carbonyl (C=O) groups excluding carboxylic acids is 2. The maximum absolute atomic E-state index is 14.2. The van der Waals surface area contributed by atoms with Crippen LogP contribution in [0.2, 0.25) is 0 Å². The van der Waals surface area contributed by atoms with E-state index in [1.807, 2.05) is 53.4 Å². The maximum atomic E-state index is 14.2. The van der Waals surface area contributed by atoms with Gasteiger partial charge in [0.1, 0.15) is 16.5 Å². The van der Waals surface area contributed by atoms with Gasteiger partial charge in [0.05, 0.1) is 11.8 Å². The molecule has 3 heterocycles. The first-order valence-electron chi connectivity index (χ1n) is 14.3. The van der Waals surface area contributed by atoms with Crippen LogP contribution in [0.4, 0.5) is 0 Å². The monoisotopic (exact) mass is 556 g/mol. The molecule has 0 spiro atoms. The van der Waals surface area contributed by atoms with Gasteiger partial charge in [-0.2, -0.15) is 0 Å². The Labute approximate surface area is 239 Å². The van der Waals surface area contributed by atoms with Gasteiger partial charge in [-0.3, -0.25) is 9.59 Å². The summed E-state index contributed by atoms with van der Waals surface area (Å²) in [6.45, 7) is 4.58. The van der Waals surface area contributed by atoms with Gasteiger partial charge in [0.25, 0.3) is 5.91 Å². The van der Waals surface area contributed by atoms with E-state index in [-0.39, 0.29) is 29.6 Å². The molecular weight excluding hydrogens is 520 g/mol. The summed E-state index contributed by atoms with van der Waals surface area (Å²) >= 11 is 1.62. The summed E-state index contributed by atoms with van der Waals surface area (Å²) in [5, 5.41) is 4.07. The molecule has 1 aliphatic heterocycles. The van der Waals surface area contributed by atoms with Crippen LogP contribution < -0.4 is 10.1 Å². The van der Waals surface area contributed by atoms with Crippen molar-refractivity contribution in [3.05, 3.63) is 71.9 Å². The van der Waals surface area contributed by atoms with Crippen LogP contribution in [0.3, 0.4) is 0 Å². The van der Waals surface area contributed by atoms with Crippen molar-refractivity contribution in [2.75, 3.05) is 26.7 Å². The average Bonchev–Trinajstić information content (AvgIpc) is 3.55. The van der Waals surface area contributed by atoms with Gasteiger partial charge in [0, 0.05) is 37.7 Å². The number of hydrogen-bond acceptors (Lipinski definition) is 5. The number of ether oxygens (including phenoxy) is 1. The molecule has 7 nitrogen and oxygen atoms in total. The third kappa shape index (κ3) is 5.12. The molecule has 2 unspecified atom stereocenters. The van der Waals surface area contributed by atoms with Crippen LogP contribution in [0.1, 0.15) is 48.7 Å². The van der Waals surface area contributed by atoms with Crippen LogP contribution >= 0.6 is 11.3 Å². The summed E-state index contributed by atoms with van der Waals surface area (Å²) in [5.74, 6) is 1.43. The van der Waals surface area contributed by atoms with Crippen molar-refractivity contribution in [3.8, 4) is 16.3 Å². The summed E-state index contributed by atoms with van der Waals surface area (Å²) in [6.07, 6.45) is 4.05. The Hall–Kier alpha value is -3.65. The Kier molecular flexibility index (Phi) is 7.61. The van der Waals surface area contributed by atoms with Gasteiger partial charge in [-0.25, -0.2) is 4.98 Å². The summed E-state index contributed by atoms with van der Waals surface area (Å²) in [6, 6.07) is 20.2. The largest absolute Gasteiger partial charge is 0.497 e. The Morgan fingerprint density at radius 2 is 1.77 bits per heavy atom. The molecule has 2 fully saturated rings. The van der Waals surface area contributed by atoms with E-state index >= 15 is 0 Å². The molecule has 2 amide bonds. The summed E-state index contributed by atoms with van der Waals surface area (Å²) in [4.78, 5) is 34.2. The molecule has 1 saturated heterocycles. The summed E-state index contributed by atoms with van der Waals surface area (Å²) < 4.78 is 8.42. The molecular formula is C32H36N4O3S. The van der Waals surface area contributed by atoms with Crippen molar-refractivity contribution < 1.29 is 14.3 Å². The molecule has 208 valence electrons. The number of nitrogens with one attached hydrogen (secondary N) is 1. The smallest absolute Gasteiger partial charge is 0.270 e. The molecule has 6 rings (SSSR count). The van der Waals surface area contributed by atoms with E-state index < -0.39 is 0 Å². The third-order valence-corrected chi connectivity index (χ3v) is 9.44. The number of piperidine rings is 1. The van der Waals surface area contributed by atoms with Crippen LogP contribution in [0.15, 0.2) is 60.7 Å². The SMILES string of the molecule is CCCNC(=O)C1C2CCCC1CN(C(=O)c1cc3sc(-c4ccccc4)nc3n1Cc1ccc(OC)cc1)C2. The highest BCUT2D eigenvalue weighted by atomic mass is 32.1. The second kappa shape index (κ2) is 11.5. The average molecular weight is 557 g/mol. The lowest BCUT2D eigenvalue weighted by Gasteiger charge is -2.46. The topological polar surface area (TPSA) is 76.5 Å². The Balaban J connectivity index is 1.32. The minimum Gasteiger partial charge on any atom is -0.497 e. The van der Waals surface area contributed by atoms with Crippen LogP contribution in [0, 0.1) is 17.8 Å². The molecule has 0 radical (unpaired) electrons. The highest BCUT2D eigenvalue weighted by Crippen LogP contribution is 2.41. The highest BCUT2D eigenvalue weighted by Gasteiger charge is 2.44. The van der Waals surface area contributed by atoms with Gasteiger partial charge < -0.3 is 19.5 Å². The fraction of sp³-hybridized carbons (Fsp3) is 0.406. The van der Waals surface area contributed by atoms with Crippen LogP contribution in [0.25, 0.3) is 20.9 Å². The van der Waals surface area contributed by atoms with Gasteiger partial charge in [0.2, 0.25) is 5.91 Å². The normalized spacial score (nSPS) is 20.4. The van der Waals surface area contributed by atoms with Gasteiger partial charge in [-0.15, -0.1) is 11.3 Å². The van der Waals surface area contributed by atoms with Crippen molar-refractivity contribution in [1.29, 1.82) is 0 Å². The number of rotatable bonds is 8. The van der Waals surface area contributed by atoms with Crippen LogP contribution in [-0.4, -0.2) is 53.0 Å². The predicted molar refractivity (Wildman–Crippen MR) is 159 cm³/mol. The Morgan fingerprint density at radius 1 is 1.05 bits per heavy atom. The van der Waals surface area contributed by atoms with E-state index in [1.54, 1.807) is 18.4 Å². The highest BCUT2D eigenvalue weighted by molar-refractivity contribution is 7.21. The van der Waals surface area contributed by atoms with Crippen molar-refractivity contribution in [1.82, 2.24) is 19.8 Å². The zero-order chi connectivity index (χ0) is 27.6. The fourth-order valence-corrected chi connectivity index (χ4v) is 7.45. The lowest BCUT2D eigenvalue weighted by molar-refractivity contribution is -0.132. The quantitative estimate of drug-likeness (QED) is 0.296. The fourth-order valence-electron chi connectivity index (χ4n) is 6.44. The van der Waals surface area contributed by atoms with Gasteiger partial charge in [-0.1, -0.05) is 55.8 Å². The molecule has 2 aromatic heterocycles. The molecule has 8 heteroatoms. The first-order valence-corrected chi connectivity index (χ1v) is 15.1. The first-order chi connectivity index (χ1) is 19.6. The van der Waals surface area contributed by atoms with E-state index in [2.05, 4.69) is 28.9 Å². The molecule has 1 aliphatic carbocycles. The van der Waals surface area contributed by atoms with Crippen molar-refractivity contribution in [3.63, 3.8) is 0 Å². The molecule has 40 heavy (non-hydrogen) atoms. The summed E-state index contributed by atoms with van der Waals surface area (Å²) in [5.41, 5.74) is 3.64. The Bertz CT molecular complexity index is 1480. The number of methoxy groups -OCH3 is 1. The molecule has 2 atom stereocenters. The first kappa shape index (κ1) is 26.6. The maximum Gasteiger partial charge on any atom is 0.270 e. The number of aromatic nitrogens is 2. The van der Waals surface area contributed by atoms with Crippen LogP contribution in [-0.2, 0) is 11.3 Å². The number of thiazole rings is 1. The second-order valence-corrected chi connectivity index (χ2v) is 12.0. The lowest BCUT2D eigenvalue weighted by atomic mass is 9.68. The number of benzene rings is 2. The van der Waals surface area contributed by atoms with E-state index in [9.17, 15) is 9.59 Å². The van der Waals surface area contributed by atoms with Crippen molar-refractivity contribution >= 4 is 33.5 Å². The number of hydrogen-bond donors (Lipinski definition) is 1. The van der Waals surface area contributed by atoms with E-state index in [4.69, 9.17) is 9.72 Å². The Morgan fingerprint density at radius 3 is 2.45 bits per heavy atom. The standard InChI is InChI=1S/C32H36N4O3S/c1-3-16-33-30(37)28-23-10-7-11-24(28)20-35(19-23)32(38)26-17-27-29(34-31(40-27)22-8-5-4-6-9-22)36(26)18-21-12-14-25(39-2)15-13-21/h4-6,8-9,12-15,17,23-24,28H,3,7,10-11,16,18-20H2,1-2H3,(H,33,37). The zero-order valence-electron chi connectivity index (χ0n) is 23.1. The molecule has 1 saturated carbocycles. The summed E-state index contributed by atoms with van der Waals surface area (Å²) in [7, 11) is 1.66. The molecule has 2 aliphatic rings. The number of fused-ring (bicyclic) bond motifs is 3. The zero-order valence-corrected chi connectivity index (χ0v) is 24.0. The van der Waals surface area contributed by atoms with Crippen molar-refractivity contribution in [2.24, 2.45) is 17.8 Å².